The Morgan fingerprint density at radius 2 is 1.82 bits per heavy atom. The van der Waals surface area contributed by atoms with Gasteiger partial charge in [-0.25, -0.2) is 8.42 Å². The lowest BCUT2D eigenvalue weighted by Crippen LogP contribution is -2.14. The molecule has 0 amide bonds. The van der Waals surface area contributed by atoms with Crippen LogP contribution in [0.2, 0.25) is 12.6 Å². The van der Waals surface area contributed by atoms with Gasteiger partial charge in [0.15, 0.2) is 0 Å². The van der Waals surface area contributed by atoms with Gasteiger partial charge in [0.25, 0.3) is 0 Å². The van der Waals surface area contributed by atoms with E-state index in [-0.39, 0.29) is 5.75 Å². The SMILES string of the molecule is C[Si](Cl)(Cl)CCCS(C)(=O)=O. The van der Waals surface area contributed by atoms with Crippen LogP contribution in [0.3, 0.4) is 0 Å². The van der Waals surface area contributed by atoms with E-state index in [2.05, 4.69) is 0 Å². The Morgan fingerprint density at radius 3 is 2.09 bits per heavy atom. The second kappa shape index (κ2) is 4.12. The summed E-state index contributed by atoms with van der Waals surface area (Å²) in [5.41, 5.74) is 0. The summed E-state index contributed by atoms with van der Waals surface area (Å²) in [6, 6.07) is 0.642. The second-order valence-electron chi connectivity index (χ2n) is 2.80. The molecule has 0 unspecified atom stereocenters. The zero-order valence-electron chi connectivity index (χ0n) is 6.60. The summed E-state index contributed by atoms with van der Waals surface area (Å²) in [5.74, 6) is 0.190. The highest BCUT2D eigenvalue weighted by atomic mass is 35.7. The van der Waals surface area contributed by atoms with Gasteiger partial charge >= 0.3 is 0 Å². The molecule has 0 aliphatic carbocycles. The minimum absolute atomic E-state index is 0.190. The Labute approximate surface area is 78.2 Å². The molecule has 0 saturated heterocycles. The highest BCUT2D eigenvalue weighted by Crippen LogP contribution is 2.21. The number of rotatable bonds is 4. The third-order valence-electron chi connectivity index (χ3n) is 1.13. The van der Waals surface area contributed by atoms with Crippen LogP contribution in [-0.4, -0.2) is 27.1 Å². The van der Waals surface area contributed by atoms with Gasteiger partial charge in [0.2, 0.25) is 6.69 Å². The molecule has 0 aliphatic rings. The third kappa shape index (κ3) is 10.7. The lowest BCUT2D eigenvalue weighted by Gasteiger charge is -2.07. The molecule has 0 aliphatic heterocycles. The normalized spacial score (nSPS) is 13.5. The second-order valence-corrected chi connectivity index (χ2v) is 13.3. The van der Waals surface area contributed by atoms with E-state index >= 15 is 0 Å². The van der Waals surface area contributed by atoms with Gasteiger partial charge in [-0.2, -0.15) is 0 Å². The summed E-state index contributed by atoms with van der Waals surface area (Å²) >= 11 is 11.5. The zero-order valence-corrected chi connectivity index (χ0v) is 9.93. The van der Waals surface area contributed by atoms with E-state index < -0.39 is 16.5 Å². The maximum Gasteiger partial charge on any atom is 0.248 e. The summed E-state index contributed by atoms with van der Waals surface area (Å²) in [7, 11) is -2.84. The van der Waals surface area contributed by atoms with Crippen LogP contribution in [0.5, 0.6) is 0 Å². The van der Waals surface area contributed by atoms with Gasteiger partial charge in [0.1, 0.15) is 9.84 Å². The molecule has 0 bridgehead atoms. The molecule has 0 aromatic heterocycles. The van der Waals surface area contributed by atoms with Crippen LogP contribution in [0.15, 0.2) is 0 Å². The molecule has 68 valence electrons. The average molecular weight is 235 g/mol. The smallest absolute Gasteiger partial charge is 0.229 e. The summed E-state index contributed by atoms with van der Waals surface area (Å²) in [6.07, 6.45) is 1.79. The van der Waals surface area contributed by atoms with Crippen molar-refractivity contribution in [2.24, 2.45) is 0 Å². The standard InChI is InChI=1S/C5H12Cl2O2SSi/c1-10(8,9)4-3-5-11(2,6)7/h3-5H2,1-2H3. The molecule has 0 spiro atoms. The van der Waals surface area contributed by atoms with E-state index in [4.69, 9.17) is 22.2 Å². The van der Waals surface area contributed by atoms with Crippen LogP contribution in [-0.2, 0) is 9.84 Å². The molecular weight excluding hydrogens is 223 g/mol. The van der Waals surface area contributed by atoms with Gasteiger partial charge in [-0.1, -0.05) is 0 Å². The minimum atomic E-state index is -2.84. The van der Waals surface area contributed by atoms with E-state index in [1.165, 1.54) is 6.26 Å². The Kier molecular flexibility index (Phi) is 4.40. The van der Waals surface area contributed by atoms with Gasteiger partial charge in [0, 0.05) is 12.0 Å². The van der Waals surface area contributed by atoms with E-state index in [1.54, 1.807) is 6.55 Å². The number of hydrogen-bond acceptors (Lipinski definition) is 2. The molecule has 0 radical (unpaired) electrons. The molecule has 0 N–H and O–H groups in total. The van der Waals surface area contributed by atoms with Gasteiger partial charge in [-0.05, 0) is 19.0 Å². The average Bonchev–Trinajstić information content (AvgIpc) is 1.55. The lowest BCUT2D eigenvalue weighted by molar-refractivity contribution is 0.600. The van der Waals surface area contributed by atoms with E-state index in [9.17, 15) is 8.42 Å². The Morgan fingerprint density at radius 1 is 1.36 bits per heavy atom. The van der Waals surface area contributed by atoms with E-state index in [1.807, 2.05) is 0 Å². The maximum absolute atomic E-state index is 10.6. The predicted octanol–water partition coefficient (Wildman–Crippen LogP) is 1.97. The van der Waals surface area contributed by atoms with Crippen molar-refractivity contribution in [3.8, 4) is 0 Å². The Balaban J connectivity index is 3.61. The van der Waals surface area contributed by atoms with Crippen molar-refractivity contribution in [3.05, 3.63) is 0 Å². The van der Waals surface area contributed by atoms with Gasteiger partial charge in [-0.15, -0.1) is 22.2 Å². The summed E-state index contributed by atoms with van der Waals surface area (Å²) in [6.45, 7) is -0.287. The molecule has 0 aromatic rings. The van der Waals surface area contributed by atoms with Crippen LogP contribution in [0.1, 0.15) is 6.42 Å². The molecule has 0 saturated carbocycles. The fourth-order valence-electron chi connectivity index (χ4n) is 0.645. The van der Waals surface area contributed by atoms with Gasteiger partial charge in [-0.3, -0.25) is 0 Å². The van der Waals surface area contributed by atoms with E-state index in [0.717, 1.165) is 0 Å². The highest BCUT2D eigenvalue weighted by molar-refractivity contribution is 7.90. The third-order valence-corrected chi connectivity index (χ3v) is 4.53. The van der Waals surface area contributed by atoms with Crippen LogP contribution >= 0.6 is 22.2 Å². The van der Waals surface area contributed by atoms with Crippen molar-refractivity contribution in [1.82, 2.24) is 0 Å². The first-order valence-electron chi connectivity index (χ1n) is 3.26. The fraction of sp³-hybridized carbons (Fsp3) is 1.00. The fourth-order valence-corrected chi connectivity index (χ4v) is 3.17. The first kappa shape index (κ1) is 11.7. The van der Waals surface area contributed by atoms with Crippen molar-refractivity contribution in [1.29, 1.82) is 0 Å². The van der Waals surface area contributed by atoms with Crippen molar-refractivity contribution in [2.45, 2.75) is 19.0 Å². The number of halogens is 2. The monoisotopic (exact) mass is 234 g/mol. The van der Waals surface area contributed by atoms with Gasteiger partial charge < -0.3 is 0 Å². The lowest BCUT2D eigenvalue weighted by atomic mass is 10.6. The zero-order chi connectivity index (χ0) is 9.12. The predicted molar refractivity (Wildman–Crippen MR) is 52.5 cm³/mol. The summed E-state index contributed by atoms with van der Waals surface area (Å²) in [4.78, 5) is 0. The quantitative estimate of drug-likeness (QED) is 0.551. The number of sulfone groups is 1. The molecular formula is C5H12Cl2O2SSi. The summed E-state index contributed by atoms with van der Waals surface area (Å²) < 4.78 is 21.3. The van der Waals surface area contributed by atoms with Crippen molar-refractivity contribution in [3.63, 3.8) is 0 Å². The van der Waals surface area contributed by atoms with Crippen LogP contribution in [0, 0.1) is 0 Å². The topological polar surface area (TPSA) is 34.1 Å². The van der Waals surface area contributed by atoms with Crippen LogP contribution in [0.25, 0.3) is 0 Å². The maximum atomic E-state index is 10.6. The van der Waals surface area contributed by atoms with Crippen LogP contribution < -0.4 is 0 Å². The van der Waals surface area contributed by atoms with Gasteiger partial charge in [0.05, 0.1) is 0 Å². The molecule has 11 heavy (non-hydrogen) atoms. The molecule has 6 heteroatoms. The summed E-state index contributed by atoms with van der Waals surface area (Å²) in [5, 5.41) is 0. The molecule has 0 atom stereocenters. The molecule has 0 fully saturated rings. The first-order valence-corrected chi connectivity index (χ1v) is 10.1. The van der Waals surface area contributed by atoms with Crippen molar-refractivity contribution < 1.29 is 8.42 Å². The minimum Gasteiger partial charge on any atom is -0.229 e. The first-order chi connectivity index (χ1) is 4.71. The van der Waals surface area contributed by atoms with Crippen molar-refractivity contribution in [2.75, 3.05) is 12.0 Å². The van der Waals surface area contributed by atoms with Crippen molar-refractivity contribution >= 4 is 38.7 Å². The Hall–Kier alpha value is 0.747. The highest BCUT2D eigenvalue weighted by Gasteiger charge is 2.20. The Bertz CT molecular complexity index is 207. The number of hydrogen-bond donors (Lipinski definition) is 0. The molecule has 0 heterocycles. The molecule has 2 nitrogen and oxygen atoms in total. The molecule has 0 rings (SSSR count). The largest absolute Gasteiger partial charge is 0.248 e. The molecule has 0 aromatic carbocycles. The van der Waals surface area contributed by atoms with E-state index in [0.29, 0.717) is 12.5 Å². The van der Waals surface area contributed by atoms with Crippen LogP contribution in [0.4, 0.5) is 0 Å².